The Morgan fingerprint density at radius 3 is 2.44 bits per heavy atom. The Morgan fingerprint density at radius 2 is 1.77 bits per heavy atom. The van der Waals surface area contributed by atoms with Gasteiger partial charge in [-0.2, -0.15) is 5.10 Å². The number of anilines is 1. The van der Waals surface area contributed by atoms with Crippen LogP contribution in [-0.4, -0.2) is 71.5 Å². The van der Waals surface area contributed by atoms with E-state index in [1.807, 2.05) is 60.0 Å². The van der Waals surface area contributed by atoms with Crippen LogP contribution in [0.4, 0.5) is 5.82 Å². The highest BCUT2D eigenvalue weighted by Crippen LogP contribution is 2.24. The second-order valence-corrected chi connectivity index (χ2v) is 11.3. The summed E-state index contributed by atoms with van der Waals surface area (Å²) in [5.41, 5.74) is 1.29. The molecular formula is C28H40N6O4S. The first-order valence-corrected chi connectivity index (χ1v) is 15.5. The summed E-state index contributed by atoms with van der Waals surface area (Å²) < 4.78 is 32.1. The fraction of sp³-hybridized carbons (Fsp3) is 0.500. The van der Waals surface area contributed by atoms with Crippen molar-refractivity contribution in [3.63, 3.8) is 0 Å². The van der Waals surface area contributed by atoms with Gasteiger partial charge in [-0.3, -0.25) is 9.48 Å². The Hall–Kier alpha value is -3.47. The first-order valence-electron chi connectivity index (χ1n) is 13.6. The first-order chi connectivity index (χ1) is 18.8. The van der Waals surface area contributed by atoms with Crippen LogP contribution >= 0.6 is 0 Å². The molecule has 0 aliphatic heterocycles. The quantitative estimate of drug-likeness (QED) is 0.191. The monoisotopic (exact) mass is 556 g/mol. The van der Waals surface area contributed by atoms with Crippen molar-refractivity contribution in [2.75, 3.05) is 37.8 Å². The molecule has 10 nitrogen and oxygen atoms in total. The third-order valence-electron chi connectivity index (χ3n) is 6.29. The molecule has 0 unspecified atom stereocenters. The number of nitrogens with one attached hydrogen (secondary N) is 1. The van der Waals surface area contributed by atoms with Crippen LogP contribution in [0.5, 0.6) is 5.75 Å². The Bertz CT molecular complexity index is 1260. The number of amides is 1. The number of aromatic nitrogens is 4. The van der Waals surface area contributed by atoms with Crippen molar-refractivity contribution in [3.05, 3.63) is 48.8 Å². The molecule has 0 aliphatic rings. The van der Waals surface area contributed by atoms with E-state index in [-0.39, 0.29) is 11.1 Å². The highest BCUT2D eigenvalue weighted by Gasteiger charge is 2.15. The molecule has 1 amide bonds. The minimum atomic E-state index is -3.59. The van der Waals surface area contributed by atoms with Crippen LogP contribution in [0.25, 0.3) is 11.3 Å². The fourth-order valence-corrected chi connectivity index (χ4v) is 4.63. The Labute approximate surface area is 231 Å². The van der Waals surface area contributed by atoms with E-state index in [0.29, 0.717) is 31.1 Å². The van der Waals surface area contributed by atoms with E-state index in [1.54, 1.807) is 12.3 Å². The van der Waals surface area contributed by atoms with Gasteiger partial charge in [0.2, 0.25) is 20.9 Å². The minimum absolute atomic E-state index is 0.214. The highest BCUT2D eigenvalue weighted by atomic mass is 32.2. The molecule has 11 heteroatoms. The number of sulfone groups is 1. The van der Waals surface area contributed by atoms with Crippen molar-refractivity contribution in [2.24, 2.45) is 0 Å². The smallest absolute Gasteiger partial charge is 0.249 e. The van der Waals surface area contributed by atoms with E-state index in [0.717, 1.165) is 69.3 Å². The predicted molar refractivity (Wildman–Crippen MR) is 152 cm³/mol. The lowest BCUT2D eigenvalue weighted by Crippen LogP contribution is -2.30. The molecule has 0 saturated heterocycles. The largest absolute Gasteiger partial charge is 0.494 e. The lowest BCUT2D eigenvalue weighted by molar-refractivity contribution is -0.130. The Morgan fingerprint density at radius 1 is 1.03 bits per heavy atom. The normalized spacial score (nSPS) is 11.4. The van der Waals surface area contributed by atoms with Gasteiger partial charge in [-0.05, 0) is 63.4 Å². The zero-order chi connectivity index (χ0) is 28.1. The molecule has 0 spiro atoms. The lowest BCUT2D eigenvalue weighted by atomic mass is 10.1. The molecular weight excluding hydrogens is 516 g/mol. The molecule has 2 heterocycles. The van der Waals surface area contributed by atoms with Gasteiger partial charge in [-0.15, -0.1) is 0 Å². The van der Waals surface area contributed by atoms with Crippen molar-refractivity contribution < 1.29 is 17.9 Å². The van der Waals surface area contributed by atoms with Crippen molar-refractivity contribution in [1.82, 2.24) is 24.6 Å². The minimum Gasteiger partial charge on any atom is -0.494 e. The van der Waals surface area contributed by atoms with Crippen LogP contribution < -0.4 is 10.1 Å². The van der Waals surface area contributed by atoms with E-state index < -0.39 is 9.84 Å². The number of rotatable bonds is 17. The van der Waals surface area contributed by atoms with Crippen LogP contribution in [0.1, 0.15) is 52.4 Å². The third-order valence-corrected chi connectivity index (χ3v) is 7.13. The molecule has 0 aliphatic carbocycles. The van der Waals surface area contributed by atoms with Crippen LogP contribution in [0.15, 0.2) is 53.9 Å². The van der Waals surface area contributed by atoms with E-state index in [4.69, 9.17) is 4.74 Å². The van der Waals surface area contributed by atoms with Crippen molar-refractivity contribution >= 4 is 21.6 Å². The van der Waals surface area contributed by atoms with Crippen LogP contribution in [0, 0.1) is 0 Å². The van der Waals surface area contributed by atoms with Crippen molar-refractivity contribution in [3.8, 4) is 17.0 Å². The number of benzene rings is 1. The summed E-state index contributed by atoms with van der Waals surface area (Å²) in [6.07, 6.45) is 9.98. The molecule has 1 aromatic carbocycles. The molecule has 0 atom stereocenters. The van der Waals surface area contributed by atoms with Gasteiger partial charge in [0.1, 0.15) is 11.6 Å². The van der Waals surface area contributed by atoms with Crippen molar-refractivity contribution in [2.45, 2.75) is 64.1 Å². The van der Waals surface area contributed by atoms with Gasteiger partial charge in [0.05, 0.1) is 12.3 Å². The number of hydrogen-bond donors (Lipinski definition) is 1. The van der Waals surface area contributed by atoms with E-state index >= 15 is 0 Å². The molecule has 3 aromatic rings. The number of hydrogen-bond acceptors (Lipinski definition) is 8. The summed E-state index contributed by atoms with van der Waals surface area (Å²) in [7, 11) is -3.59. The Balaban J connectivity index is 1.49. The number of ether oxygens (including phenoxy) is 1. The van der Waals surface area contributed by atoms with Gasteiger partial charge < -0.3 is 15.0 Å². The van der Waals surface area contributed by atoms with Crippen molar-refractivity contribution in [1.29, 1.82) is 0 Å². The number of nitrogens with zero attached hydrogens (tertiary/aromatic N) is 5. The van der Waals surface area contributed by atoms with Gasteiger partial charge in [-0.25, -0.2) is 18.4 Å². The average Bonchev–Trinajstić information content (AvgIpc) is 3.45. The first kappa shape index (κ1) is 30.1. The number of carbonyl (C=O) groups excluding carboxylic acids is 1. The SMILES string of the molecule is CCN(CC)C(=O)CCCCCCOc1ccc(-c2cc(NCCCn3cccn3)nc(S(C)(=O)=O)n2)cc1. The molecule has 0 bridgehead atoms. The number of carbonyl (C=O) groups is 1. The second kappa shape index (κ2) is 15.2. The van der Waals surface area contributed by atoms with Gasteiger partial charge in [0.25, 0.3) is 0 Å². The molecule has 3 rings (SSSR count). The number of aryl methyl sites for hydroxylation is 1. The summed E-state index contributed by atoms with van der Waals surface area (Å²) in [6, 6.07) is 11.1. The summed E-state index contributed by atoms with van der Waals surface area (Å²) in [4.78, 5) is 22.4. The van der Waals surface area contributed by atoms with Crippen LogP contribution in [0.3, 0.4) is 0 Å². The molecule has 39 heavy (non-hydrogen) atoms. The molecule has 212 valence electrons. The molecule has 0 radical (unpaired) electrons. The predicted octanol–water partition coefficient (Wildman–Crippen LogP) is 4.44. The maximum Gasteiger partial charge on any atom is 0.249 e. The second-order valence-electron chi connectivity index (χ2n) is 9.35. The van der Waals surface area contributed by atoms with E-state index in [1.165, 1.54) is 0 Å². The fourth-order valence-electron chi connectivity index (χ4n) is 4.10. The zero-order valence-electron chi connectivity index (χ0n) is 23.2. The third kappa shape index (κ3) is 9.97. The summed E-state index contributed by atoms with van der Waals surface area (Å²) in [5.74, 6) is 1.43. The summed E-state index contributed by atoms with van der Waals surface area (Å²) in [5, 5.41) is 7.17. The zero-order valence-corrected chi connectivity index (χ0v) is 24.0. The standard InChI is InChI=1S/C28H40N6O4S/c1-4-33(5-2)27(35)12-8-6-7-9-21-38-24-15-13-23(14-16-24)25-22-26(32-28(31-25)39(3,36)37)29-17-10-19-34-20-11-18-30-34/h11,13-16,18,20,22H,4-10,12,17,19,21H2,1-3H3,(H,29,31,32). The van der Waals surface area contributed by atoms with Gasteiger partial charge >= 0.3 is 0 Å². The Kier molecular flexibility index (Phi) is 11.7. The highest BCUT2D eigenvalue weighted by molar-refractivity contribution is 7.90. The molecule has 0 fully saturated rings. The maximum absolute atomic E-state index is 12.2. The summed E-state index contributed by atoms with van der Waals surface area (Å²) in [6.45, 7) is 7.50. The molecule has 0 saturated carbocycles. The lowest BCUT2D eigenvalue weighted by Gasteiger charge is -2.18. The summed E-state index contributed by atoms with van der Waals surface area (Å²) >= 11 is 0. The van der Waals surface area contributed by atoms with Crippen LogP contribution in [-0.2, 0) is 21.2 Å². The maximum atomic E-state index is 12.2. The molecule has 1 N–H and O–H groups in total. The van der Waals surface area contributed by atoms with Gasteiger partial charge in [-0.1, -0.05) is 12.8 Å². The van der Waals surface area contributed by atoms with E-state index in [2.05, 4.69) is 20.4 Å². The average molecular weight is 557 g/mol. The number of unbranched alkanes of at least 4 members (excludes halogenated alkanes) is 3. The van der Waals surface area contributed by atoms with Gasteiger partial charge in [0, 0.05) is 62.9 Å². The van der Waals surface area contributed by atoms with E-state index in [9.17, 15) is 13.2 Å². The van der Waals surface area contributed by atoms with Crippen LogP contribution in [0.2, 0.25) is 0 Å². The van der Waals surface area contributed by atoms with Gasteiger partial charge in [0.15, 0.2) is 0 Å². The molecule has 2 aromatic heterocycles. The topological polar surface area (TPSA) is 119 Å².